The number of morpholine rings is 1. The van der Waals surface area contributed by atoms with E-state index < -0.39 is 0 Å². The molecule has 1 N–H and O–H groups in total. The molecule has 0 bridgehead atoms. The number of carbonyl (C=O) groups excluding carboxylic acids is 2. The summed E-state index contributed by atoms with van der Waals surface area (Å²) >= 11 is 0. The Hall–Kier alpha value is -2.28. The van der Waals surface area contributed by atoms with Gasteiger partial charge in [0.2, 0.25) is 5.91 Å². The van der Waals surface area contributed by atoms with Gasteiger partial charge in [-0.15, -0.1) is 0 Å². The van der Waals surface area contributed by atoms with Crippen LogP contribution in [0.3, 0.4) is 0 Å². The molecule has 7 nitrogen and oxygen atoms in total. The highest BCUT2D eigenvalue weighted by atomic mass is 16.5. The minimum Gasteiger partial charge on any atom is -0.497 e. The molecule has 23 heavy (non-hydrogen) atoms. The predicted octanol–water partition coefficient (Wildman–Crippen LogP) is 0.842. The van der Waals surface area contributed by atoms with Crippen molar-refractivity contribution in [3.63, 3.8) is 0 Å². The third-order valence-electron chi connectivity index (χ3n) is 4.12. The van der Waals surface area contributed by atoms with E-state index in [1.807, 2.05) is 24.3 Å². The standard InChI is InChI=1S/C16H21N3O4/c1-22-14-4-2-3-13(10-14)19-11-12(9-15(19)20)17-16(21)18-5-7-23-8-6-18/h2-4,10,12H,5-9,11H2,1H3,(H,17,21)/t12-/m1/s1. The van der Waals surface area contributed by atoms with Gasteiger partial charge in [-0.25, -0.2) is 4.79 Å². The first kappa shape index (κ1) is 15.6. The second-order valence-electron chi connectivity index (χ2n) is 5.66. The van der Waals surface area contributed by atoms with Crippen molar-refractivity contribution in [1.82, 2.24) is 10.2 Å². The van der Waals surface area contributed by atoms with Gasteiger partial charge in [0.1, 0.15) is 5.75 Å². The van der Waals surface area contributed by atoms with Crippen molar-refractivity contribution in [2.45, 2.75) is 12.5 Å². The first-order valence-corrected chi connectivity index (χ1v) is 7.75. The second kappa shape index (κ2) is 6.87. The van der Waals surface area contributed by atoms with E-state index in [9.17, 15) is 9.59 Å². The quantitative estimate of drug-likeness (QED) is 0.896. The lowest BCUT2D eigenvalue weighted by Crippen LogP contribution is -2.49. The normalized spacial score (nSPS) is 21.4. The summed E-state index contributed by atoms with van der Waals surface area (Å²) in [5, 5.41) is 2.95. The molecule has 0 spiro atoms. The number of amides is 3. The van der Waals surface area contributed by atoms with Crippen molar-refractivity contribution in [2.24, 2.45) is 0 Å². The van der Waals surface area contributed by atoms with Gasteiger partial charge in [0, 0.05) is 37.8 Å². The molecule has 2 saturated heterocycles. The lowest BCUT2D eigenvalue weighted by molar-refractivity contribution is -0.117. The molecule has 124 valence electrons. The molecule has 3 amide bonds. The fourth-order valence-corrected chi connectivity index (χ4v) is 2.86. The van der Waals surface area contributed by atoms with Crippen molar-refractivity contribution in [3.8, 4) is 5.75 Å². The maximum Gasteiger partial charge on any atom is 0.317 e. The Bertz CT molecular complexity index is 586. The van der Waals surface area contributed by atoms with Crippen molar-refractivity contribution < 1.29 is 19.1 Å². The zero-order valence-corrected chi connectivity index (χ0v) is 13.2. The zero-order chi connectivity index (χ0) is 16.2. The van der Waals surface area contributed by atoms with E-state index in [2.05, 4.69) is 5.32 Å². The van der Waals surface area contributed by atoms with E-state index in [1.165, 1.54) is 0 Å². The van der Waals surface area contributed by atoms with Gasteiger partial charge < -0.3 is 24.6 Å². The first-order chi connectivity index (χ1) is 11.2. The summed E-state index contributed by atoms with van der Waals surface area (Å²) in [6, 6.07) is 7.07. The molecule has 3 rings (SSSR count). The van der Waals surface area contributed by atoms with Crippen LogP contribution in [0.15, 0.2) is 24.3 Å². The van der Waals surface area contributed by atoms with Crippen LogP contribution in [0.1, 0.15) is 6.42 Å². The number of methoxy groups -OCH3 is 1. The summed E-state index contributed by atoms with van der Waals surface area (Å²) < 4.78 is 10.4. The van der Waals surface area contributed by atoms with Gasteiger partial charge in [-0.1, -0.05) is 6.07 Å². The number of anilines is 1. The minimum atomic E-state index is -0.177. The third kappa shape index (κ3) is 3.56. The minimum absolute atomic E-state index is 0.00512. The molecule has 2 aliphatic heterocycles. The third-order valence-corrected chi connectivity index (χ3v) is 4.12. The lowest BCUT2D eigenvalue weighted by atomic mass is 10.2. The molecule has 0 aliphatic carbocycles. The monoisotopic (exact) mass is 319 g/mol. The Morgan fingerprint density at radius 2 is 2.13 bits per heavy atom. The highest BCUT2D eigenvalue weighted by Gasteiger charge is 2.32. The zero-order valence-electron chi connectivity index (χ0n) is 13.2. The molecule has 7 heteroatoms. The summed E-state index contributed by atoms with van der Waals surface area (Å²) in [5.74, 6) is 0.710. The number of ether oxygens (including phenoxy) is 2. The van der Waals surface area contributed by atoms with Crippen LogP contribution in [0.2, 0.25) is 0 Å². The highest BCUT2D eigenvalue weighted by Crippen LogP contribution is 2.25. The summed E-state index contributed by atoms with van der Waals surface area (Å²) in [6.07, 6.45) is 0.313. The molecule has 0 radical (unpaired) electrons. The molecular formula is C16H21N3O4. The van der Waals surface area contributed by atoms with E-state index in [1.54, 1.807) is 16.9 Å². The molecule has 1 aromatic rings. The van der Waals surface area contributed by atoms with E-state index in [0.717, 1.165) is 5.69 Å². The Morgan fingerprint density at radius 3 is 2.87 bits per heavy atom. The highest BCUT2D eigenvalue weighted by molar-refractivity contribution is 5.97. The number of rotatable bonds is 3. The Balaban J connectivity index is 1.61. The van der Waals surface area contributed by atoms with Gasteiger partial charge in [0.05, 0.1) is 26.4 Å². The van der Waals surface area contributed by atoms with E-state index in [4.69, 9.17) is 9.47 Å². The number of urea groups is 1. The number of nitrogens with one attached hydrogen (secondary N) is 1. The van der Waals surface area contributed by atoms with Crippen LogP contribution in [0.5, 0.6) is 5.75 Å². The fourth-order valence-electron chi connectivity index (χ4n) is 2.86. The summed E-state index contributed by atoms with van der Waals surface area (Å²) in [5.41, 5.74) is 0.789. The van der Waals surface area contributed by atoms with Gasteiger partial charge in [0.15, 0.2) is 0 Å². The molecule has 0 saturated carbocycles. The molecule has 1 atom stereocenters. The maximum absolute atomic E-state index is 12.2. The fraction of sp³-hybridized carbons (Fsp3) is 0.500. The summed E-state index contributed by atoms with van der Waals surface area (Å²) in [4.78, 5) is 27.9. The first-order valence-electron chi connectivity index (χ1n) is 7.75. The molecular weight excluding hydrogens is 298 g/mol. The molecule has 1 aromatic carbocycles. The number of hydrogen-bond donors (Lipinski definition) is 1. The number of carbonyl (C=O) groups is 2. The topological polar surface area (TPSA) is 71.1 Å². The molecule has 2 aliphatic rings. The van der Waals surface area contributed by atoms with E-state index >= 15 is 0 Å². The van der Waals surface area contributed by atoms with Crippen LogP contribution >= 0.6 is 0 Å². The second-order valence-corrected chi connectivity index (χ2v) is 5.66. The average molecular weight is 319 g/mol. The van der Waals surface area contributed by atoms with Crippen molar-refractivity contribution in [2.75, 3.05) is 44.9 Å². The predicted molar refractivity (Wildman–Crippen MR) is 84.7 cm³/mol. The number of nitrogens with zero attached hydrogens (tertiary/aromatic N) is 2. The molecule has 2 fully saturated rings. The summed E-state index contributed by atoms with van der Waals surface area (Å²) in [6.45, 7) is 2.78. The molecule has 0 unspecified atom stereocenters. The number of benzene rings is 1. The van der Waals surface area contributed by atoms with Gasteiger partial charge in [-0.3, -0.25) is 4.79 Å². The van der Waals surface area contributed by atoms with E-state index in [-0.39, 0.29) is 18.0 Å². The maximum atomic E-state index is 12.2. The van der Waals surface area contributed by atoms with Crippen LogP contribution < -0.4 is 15.0 Å². The van der Waals surface area contributed by atoms with Gasteiger partial charge in [-0.05, 0) is 12.1 Å². The van der Waals surface area contributed by atoms with Crippen molar-refractivity contribution in [1.29, 1.82) is 0 Å². The Morgan fingerprint density at radius 1 is 1.35 bits per heavy atom. The SMILES string of the molecule is COc1cccc(N2C[C@H](NC(=O)N3CCOCC3)CC2=O)c1. The van der Waals surface area contributed by atoms with Gasteiger partial charge >= 0.3 is 6.03 Å². The smallest absolute Gasteiger partial charge is 0.317 e. The lowest BCUT2D eigenvalue weighted by Gasteiger charge is -2.28. The molecule has 2 heterocycles. The van der Waals surface area contributed by atoms with Crippen LogP contribution in [-0.2, 0) is 9.53 Å². The Labute approximate surface area is 135 Å². The van der Waals surface area contributed by atoms with Gasteiger partial charge in [0.25, 0.3) is 0 Å². The van der Waals surface area contributed by atoms with E-state index in [0.29, 0.717) is 45.0 Å². The molecule has 0 aromatic heterocycles. The summed E-state index contributed by atoms with van der Waals surface area (Å²) in [7, 11) is 1.59. The van der Waals surface area contributed by atoms with Crippen LogP contribution in [0.4, 0.5) is 10.5 Å². The van der Waals surface area contributed by atoms with Gasteiger partial charge in [-0.2, -0.15) is 0 Å². The van der Waals surface area contributed by atoms with Crippen LogP contribution in [0, 0.1) is 0 Å². The van der Waals surface area contributed by atoms with Crippen LogP contribution in [0.25, 0.3) is 0 Å². The largest absolute Gasteiger partial charge is 0.497 e. The van der Waals surface area contributed by atoms with Crippen LogP contribution in [-0.4, -0.2) is 62.8 Å². The number of hydrogen-bond acceptors (Lipinski definition) is 4. The Kier molecular flexibility index (Phi) is 4.66. The average Bonchev–Trinajstić information content (AvgIpc) is 2.96. The van der Waals surface area contributed by atoms with Crippen molar-refractivity contribution in [3.05, 3.63) is 24.3 Å². The van der Waals surface area contributed by atoms with Crippen molar-refractivity contribution >= 4 is 17.6 Å².